The maximum absolute atomic E-state index is 12.7. The van der Waals surface area contributed by atoms with Crippen molar-refractivity contribution in [1.82, 2.24) is 10.2 Å². The zero-order valence-corrected chi connectivity index (χ0v) is 13.0. The summed E-state index contributed by atoms with van der Waals surface area (Å²) in [6.07, 6.45) is 2.93. The van der Waals surface area contributed by atoms with Crippen molar-refractivity contribution in [3.63, 3.8) is 0 Å². The van der Waals surface area contributed by atoms with Crippen LogP contribution in [0.1, 0.15) is 60.3 Å². The molecule has 1 aliphatic rings. The van der Waals surface area contributed by atoms with Gasteiger partial charge in [0.05, 0.1) is 0 Å². The van der Waals surface area contributed by atoms with Gasteiger partial charge in [-0.2, -0.15) is 0 Å². The summed E-state index contributed by atoms with van der Waals surface area (Å²) in [5.41, 5.74) is -0.681. The Morgan fingerprint density at radius 1 is 1.21 bits per heavy atom. The maximum Gasteiger partial charge on any atom is 0.248 e. The summed E-state index contributed by atoms with van der Waals surface area (Å²) in [7, 11) is 0. The molecule has 0 saturated carbocycles. The van der Waals surface area contributed by atoms with E-state index in [1.54, 1.807) is 0 Å². The lowest BCUT2D eigenvalue weighted by Crippen LogP contribution is -2.70. The molecule has 1 saturated heterocycles. The minimum atomic E-state index is -0.681. The van der Waals surface area contributed by atoms with Gasteiger partial charge in [-0.3, -0.25) is 9.59 Å². The smallest absolute Gasteiger partial charge is 0.248 e. The van der Waals surface area contributed by atoms with Crippen LogP contribution in [0.2, 0.25) is 0 Å². The van der Waals surface area contributed by atoms with Gasteiger partial charge >= 0.3 is 0 Å². The van der Waals surface area contributed by atoms with E-state index >= 15 is 0 Å². The molecule has 0 aromatic heterocycles. The molecule has 110 valence electrons. The quantitative estimate of drug-likeness (QED) is 0.803. The molecular formula is C15H28N2O2. The molecular weight excluding hydrogens is 240 g/mol. The number of piperazine rings is 1. The average molecular weight is 268 g/mol. The molecule has 1 atom stereocenters. The minimum Gasteiger partial charge on any atom is -0.340 e. The second-order valence-electron chi connectivity index (χ2n) is 5.88. The number of carbonyl (C=O) groups is 2. The molecule has 19 heavy (non-hydrogen) atoms. The molecule has 1 heterocycles. The fraction of sp³-hybridized carbons (Fsp3) is 0.867. The predicted molar refractivity (Wildman–Crippen MR) is 76.7 cm³/mol. The van der Waals surface area contributed by atoms with Crippen molar-refractivity contribution in [3.8, 4) is 0 Å². The summed E-state index contributed by atoms with van der Waals surface area (Å²) in [4.78, 5) is 26.8. The average Bonchev–Trinajstić information content (AvgIpc) is 2.38. The lowest BCUT2D eigenvalue weighted by atomic mass is 9.86. The zero-order chi connectivity index (χ0) is 14.6. The number of rotatable bonds is 6. The van der Waals surface area contributed by atoms with Gasteiger partial charge in [-0.05, 0) is 31.6 Å². The molecule has 0 radical (unpaired) electrons. The summed E-state index contributed by atoms with van der Waals surface area (Å²) in [5, 5.41) is 2.97. The summed E-state index contributed by atoms with van der Waals surface area (Å²) >= 11 is 0. The Kier molecular flexibility index (Phi) is 5.39. The third-order valence-electron chi connectivity index (χ3n) is 4.25. The van der Waals surface area contributed by atoms with Gasteiger partial charge in [0, 0.05) is 6.54 Å². The van der Waals surface area contributed by atoms with Crippen LogP contribution in [0.25, 0.3) is 0 Å². The number of nitrogens with one attached hydrogen (secondary N) is 1. The largest absolute Gasteiger partial charge is 0.340 e. The first-order valence-electron chi connectivity index (χ1n) is 7.54. The highest BCUT2D eigenvalue weighted by Crippen LogP contribution is 2.26. The van der Waals surface area contributed by atoms with E-state index in [-0.39, 0.29) is 17.9 Å². The van der Waals surface area contributed by atoms with Crippen molar-refractivity contribution in [1.29, 1.82) is 0 Å². The van der Waals surface area contributed by atoms with Crippen molar-refractivity contribution in [2.24, 2.45) is 5.92 Å². The summed E-state index contributed by atoms with van der Waals surface area (Å²) in [6.45, 7) is 10.9. The number of nitrogens with zero attached hydrogens (tertiary/aromatic N) is 1. The summed E-state index contributed by atoms with van der Waals surface area (Å²) in [5.74, 6) is 0.645. The Labute approximate surface area is 116 Å². The Hall–Kier alpha value is -1.06. The molecule has 1 rings (SSSR count). The third kappa shape index (κ3) is 3.10. The van der Waals surface area contributed by atoms with Crippen LogP contribution < -0.4 is 5.32 Å². The molecule has 2 amide bonds. The molecule has 0 aromatic rings. The third-order valence-corrected chi connectivity index (χ3v) is 4.25. The zero-order valence-electron chi connectivity index (χ0n) is 13.0. The Morgan fingerprint density at radius 3 is 2.21 bits per heavy atom. The first-order valence-corrected chi connectivity index (χ1v) is 7.54. The van der Waals surface area contributed by atoms with E-state index in [1.165, 1.54) is 0 Å². The summed E-state index contributed by atoms with van der Waals surface area (Å²) < 4.78 is 0. The SMILES string of the molecule is CCC1C(=O)NC(CC)(CC)C(=O)N1CCC(C)C. The van der Waals surface area contributed by atoms with Crippen molar-refractivity contribution < 1.29 is 9.59 Å². The number of amides is 2. The molecule has 1 fully saturated rings. The molecule has 0 spiro atoms. The first-order chi connectivity index (χ1) is 8.91. The van der Waals surface area contributed by atoms with Gasteiger partial charge in [0.2, 0.25) is 11.8 Å². The van der Waals surface area contributed by atoms with Gasteiger partial charge in [-0.25, -0.2) is 0 Å². The van der Waals surface area contributed by atoms with Gasteiger partial charge in [0.15, 0.2) is 0 Å². The fourth-order valence-electron chi connectivity index (χ4n) is 2.72. The predicted octanol–water partition coefficient (Wildman–Crippen LogP) is 2.33. The topological polar surface area (TPSA) is 49.4 Å². The number of carbonyl (C=O) groups excluding carboxylic acids is 2. The van der Waals surface area contributed by atoms with Crippen LogP contribution in [0.5, 0.6) is 0 Å². The van der Waals surface area contributed by atoms with E-state index in [9.17, 15) is 9.59 Å². The van der Waals surface area contributed by atoms with E-state index in [0.717, 1.165) is 6.42 Å². The number of hydrogen-bond donors (Lipinski definition) is 1. The molecule has 1 aliphatic heterocycles. The Bertz CT molecular complexity index is 335. The number of hydrogen-bond acceptors (Lipinski definition) is 2. The van der Waals surface area contributed by atoms with Gasteiger partial charge in [0.25, 0.3) is 0 Å². The lowest BCUT2D eigenvalue weighted by Gasteiger charge is -2.45. The van der Waals surface area contributed by atoms with E-state index in [1.807, 2.05) is 25.7 Å². The molecule has 1 N–H and O–H groups in total. The second kappa shape index (κ2) is 6.40. The van der Waals surface area contributed by atoms with Crippen LogP contribution in [0.15, 0.2) is 0 Å². The Balaban J connectivity index is 2.98. The van der Waals surface area contributed by atoms with Crippen molar-refractivity contribution in [2.75, 3.05) is 6.54 Å². The normalized spacial score (nSPS) is 22.8. The highest BCUT2D eigenvalue weighted by molar-refractivity contribution is 5.99. The van der Waals surface area contributed by atoms with Crippen LogP contribution in [-0.2, 0) is 9.59 Å². The molecule has 4 nitrogen and oxygen atoms in total. The van der Waals surface area contributed by atoms with Crippen LogP contribution in [0, 0.1) is 5.92 Å². The van der Waals surface area contributed by atoms with Gasteiger partial charge in [-0.15, -0.1) is 0 Å². The van der Waals surface area contributed by atoms with E-state index < -0.39 is 5.54 Å². The van der Waals surface area contributed by atoms with Crippen LogP contribution in [0.3, 0.4) is 0 Å². The van der Waals surface area contributed by atoms with Gasteiger partial charge in [0.1, 0.15) is 11.6 Å². The molecule has 1 unspecified atom stereocenters. The lowest BCUT2D eigenvalue weighted by molar-refractivity contribution is -0.155. The highest BCUT2D eigenvalue weighted by atomic mass is 16.2. The first kappa shape index (κ1) is 16.0. The monoisotopic (exact) mass is 268 g/mol. The van der Waals surface area contributed by atoms with E-state index in [4.69, 9.17) is 0 Å². The van der Waals surface area contributed by atoms with Crippen LogP contribution in [0.4, 0.5) is 0 Å². The molecule has 4 heteroatoms. The fourth-order valence-corrected chi connectivity index (χ4v) is 2.72. The van der Waals surface area contributed by atoms with Gasteiger partial charge in [-0.1, -0.05) is 34.6 Å². The van der Waals surface area contributed by atoms with Gasteiger partial charge < -0.3 is 10.2 Å². The summed E-state index contributed by atoms with van der Waals surface area (Å²) in [6, 6.07) is -0.294. The van der Waals surface area contributed by atoms with E-state index in [0.29, 0.717) is 31.7 Å². The maximum atomic E-state index is 12.7. The van der Waals surface area contributed by atoms with Crippen LogP contribution >= 0.6 is 0 Å². The minimum absolute atomic E-state index is 0.00885. The van der Waals surface area contributed by atoms with Crippen molar-refractivity contribution >= 4 is 11.8 Å². The Morgan fingerprint density at radius 2 is 1.79 bits per heavy atom. The van der Waals surface area contributed by atoms with Crippen molar-refractivity contribution in [2.45, 2.75) is 71.9 Å². The van der Waals surface area contributed by atoms with Crippen LogP contribution in [-0.4, -0.2) is 34.8 Å². The van der Waals surface area contributed by atoms with E-state index in [2.05, 4.69) is 19.2 Å². The molecule has 0 aliphatic carbocycles. The van der Waals surface area contributed by atoms with Crippen molar-refractivity contribution in [3.05, 3.63) is 0 Å². The highest BCUT2D eigenvalue weighted by Gasteiger charge is 2.47. The second-order valence-corrected chi connectivity index (χ2v) is 5.88. The molecule has 0 aromatic carbocycles. The molecule has 0 bridgehead atoms. The standard InChI is InChI=1S/C15H28N2O2/c1-6-12-13(18)16-15(7-2,8-3)14(19)17(12)10-9-11(4)5/h11-12H,6-10H2,1-5H3,(H,16,18).